The Morgan fingerprint density at radius 1 is 1.06 bits per heavy atom. The van der Waals surface area contributed by atoms with Crippen LogP contribution in [0.2, 0.25) is 0 Å². The van der Waals surface area contributed by atoms with Crippen molar-refractivity contribution in [2.24, 2.45) is 5.73 Å². The lowest BCUT2D eigenvalue weighted by molar-refractivity contribution is -0.275. The molecule has 0 amide bonds. The van der Waals surface area contributed by atoms with Crippen molar-refractivity contribution >= 4 is 0 Å². The van der Waals surface area contributed by atoms with Crippen molar-refractivity contribution in [2.45, 2.75) is 18.6 Å². The molecule has 2 nitrogen and oxygen atoms in total. The van der Waals surface area contributed by atoms with E-state index in [1.807, 2.05) is 0 Å². The van der Waals surface area contributed by atoms with Crippen molar-refractivity contribution in [1.29, 1.82) is 0 Å². The Balaban J connectivity index is 3.00. The minimum Gasteiger partial charge on any atom is -0.403 e. The fraction of sp³-hybridized carbons (Fsp3) is 0.333. The number of nitrogens with two attached hydrogens (primary N) is 1. The van der Waals surface area contributed by atoms with Crippen LogP contribution in [0, 0.1) is 5.82 Å². The molecule has 2 N–H and O–H groups in total. The van der Waals surface area contributed by atoms with Crippen LogP contribution in [0.1, 0.15) is 11.6 Å². The summed E-state index contributed by atoms with van der Waals surface area (Å²) < 4.78 is 88.2. The molecule has 102 valence electrons. The Hall–Kier alpha value is -1.51. The number of ether oxygens (including phenoxy) is 1. The van der Waals surface area contributed by atoms with Crippen LogP contribution in [-0.2, 0) is 0 Å². The first kappa shape index (κ1) is 14.6. The van der Waals surface area contributed by atoms with Gasteiger partial charge in [0.1, 0.15) is 6.04 Å². The predicted octanol–water partition coefficient (Wildman–Crippen LogP) is 3.29. The van der Waals surface area contributed by atoms with Gasteiger partial charge in [-0.25, -0.2) is 4.39 Å². The third-order valence-corrected chi connectivity index (χ3v) is 1.89. The van der Waals surface area contributed by atoms with E-state index in [-0.39, 0.29) is 6.07 Å². The third-order valence-electron chi connectivity index (χ3n) is 1.89. The number of hydrogen-bond acceptors (Lipinski definition) is 2. The summed E-state index contributed by atoms with van der Waals surface area (Å²) in [5, 5.41) is 0. The average molecular weight is 277 g/mol. The van der Waals surface area contributed by atoms with Crippen LogP contribution >= 0.6 is 0 Å². The summed E-state index contributed by atoms with van der Waals surface area (Å²) in [4.78, 5) is 0. The molecule has 0 heterocycles. The number of halogens is 7. The van der Waals surface area contributed by atoms with Crippen LogP contribution in [0.5, 0.6) is 5.75 Å². The van der Waals surface area contributed by atoms with Crippen LogP contribution in [0.4, 0.5) is 30.7 Å². The highest BCUT2D eigenvalue weighted by Crippen LogP contribution is 2.33. The largest absolute Gasteiger partial charge is 0.573 e. The van der Waals surface area contributed by atoms with Crippen molar-refractivity contribution in [1.82, 2.24) is 0 Å². The Bertz CT molecular complexity index is 426. The highest BCUT2D eigenvalue weighted by atomic mass is 19.4. The van der Waals surface area contributed by atoms with Crippen LogP contribution in [-0.4, -0.2) is 12.5 Å². The lowest BCUT2D eigenvalue weighted by Gasteiger charge is -2.17. The molecular formula is C9H6F7NO. The van der Waals surface area contributed by atoms with E-state index in [1.165, 1.54) is 0 Å². The fourth-order valence-electron chi connectivity index (χ4n) is 1.11. The number of benzene rings is 1. The Kier molecular flexibility index (Phi) is 3.75. The van der Waals surface area contributed by atoms with Gasteiger partial charge in [-0.1, -0.05) is 6.07 Å². The van der Waals surface area contributed by atoms with Gasteiger partial charge in [-0.2, -0.15) is 13.2 Å². The van der Waals surface area contributed by atoms with Gasteiger partial charge in [-0.15, -0.1) is 13.2 Å². The topological polar surface area (TPSA) is 35.2 Å². The first-order valence-electron chi connectivity index (χ1n) is 4.38. The standard InChI is InChI=1S/C9H6F7NO/c10-5-3-4(7(17)8(11,12)13)1-2-6(5)18-9(14,15)16/h1-3,7H,17H2. The molecule has 0 radical (unpaired) electrons. The van der Waals surface area contributed by atoms with Crippen molar-refractivity contribution in [3.63, 3.8) is 0 Å². The molecule has 18 heavy (non-hydrogen) atoms. The average Bonchev–Trinajstić information content (AvgIpc) is 2.16. The second-order valence-electron chi connectivity index (χ2n) is 3.26. The maximum Gasteiger partial charge on any atom is 0.573 e. The molecule has 0 aliphatic rings. The molecule has 0 bridgehead atoms. The Morgan fingerprint density at radius 3 is 2.00 bits per heavy atom. The van der Waals surface area contributed by atoms with Crippen molar-refractivity contribution < 1.29 is 35.5 Å². The molecule has 0 spiro atoms. The van der Waals surface area contributed by atoms with E-state index >= 15 is 0 Å². The lowest BCUT2D eigenvalue weighted by atomic mass is 10.1. The quantitative estimate of drug-likeness (QED) is 0.842. The van der Waals surface area contributed by atoms with Gasteiger partial charge >= 0.3 is 12.5 Å². The number of alkyl halides is 6. The Morgan fingerprint density at radius 2 is 1.61 bits per heavy atom. The molecule has 0 saturated carbocycles. The fourth-order valence-corrected chi connectivity index (χ4v) is 1.11. The van der Waals surface area contributed by atoms with E-state index in [4.69, 9.17) is 5.73 Å². The number of rotatable bonds is 2. The minimum absolute atomic E-state index is 0.249. The smallest absolute Gasteiger partial charge is 0.403 e. The highest BCUT2D eigenvalue weighted by molar-refractivity contribution is 5.31. The maximum absolute atomic E-state index is 13.1. The summed E-state index contributed by atoms with van der Waals surface area (Å²) in [6.45, 7) is 0. The molecule has 9 heteroatoms. The van der Waals surface area contributed by atoms with E-state index in [2.05, 4.69) is 4.74 Å². The van der Waals surface area contributed by atoms with Gasteiger partial charge in [0.05, 0.1) is 0 Å². The van der Waals surface area contributed by atoms with Gasteiger partial charge in [0.2, 0.25) is 0 Å². The molecule has 0 aliphatic carbocycles. The molecule has 0 aromatic heterocycles. The van der Waals surface area contributed by atoms with Gasteiger partial charge in [0.25, 0.3) is 0 Å². The zero-order valence-electron chi connectivity index (χ0n) is 8.44. The second-order valence-corrected chi connectivity index (χ2v) is 3.26. The molecule has 0 aliphatic heterocycles. The first-order valence-corrected chi connectivity index (χ1v) is 4.38. The molecule has 1 aromatic rings. The normalized spacial score (nSPS) is 14.4. The van der Waals surface area contributed by atoms with Crippen molar-refractivity contribution in [3.05, 3.63) is 29.6 Å². The zero-order chi connectivity index (χ0) is 14.1. The SMILES string of the molecule is NC(c1ccc(OC(F)(F)F)c(F)c1)C(F)(F)F. The number of hydrogen-bond donors (Lipinski definition) is 1. The van der Waals surface area contributed by atoms with Gasteiger partial charge in [-0.05, 0) is 17.7 Å². The monoisotopic (exact) mass is 277 g/mol. The van der Waals surface area contributed by atoms with Gasteiger partial charge in [0.15, 0.2) is 11.6 Å². The Labute approximate surface area is 96.1 Å². The first-order chi connectivity index (χ1) is 8.00. The van der Waals surface area contributed by atoms with Crippen LogP contribution in [0.3, 0.4) is 0 Å². The molecule has 1 rings (SSSR count). The highest BCUT2D eigenvalue weighted by Gasteiger charge is 2.38. The van der Waals surface area contributed by atoms with E-state index in [9.17, 15) is 30.7 Å². The lowest BCUT2D eigenvalue weighted by Crippen LogP contribution is -2.28. The van der Waals surface area contributed by atoms with Crippen LogP contribution in [0.25, 0.3) is 0 Å². The zero-order valence-corrected chi connectivity index (χ0v) is 8.44. The summed E-state index contributed by atoms with van der Waals surface area (Å²) in [6, 6.07) is -1.18. The summed E-state index contributed by atoms with van der Waals surface area (Å²) in [5.74, 6) is -2.80. The van der Waals surface area contributed by atoms with Crippen molar-refractivity contribution in [2.75, 3.05) is 0 Å². The predicted molar refractivity (Wildman–Crippen MR) is 46.1 cm³/mol. The van der Waals surface area contributed by atoms with Crippen LogP contribution < -0.4 is 10.5 Å². The third kappa shape index (κ3) is 3.76. The summed E-state index contributed by atoms with van der Waals surface area (Å²) in [5.41, 5.74) is 4.06. The van der Waals surface area contributed by atoms with Gasteiger partial charge < -0.3 is 10.5 Å². The van der Waals surface area contributed by atoms with Crippen molar-refractivity contribution in [3.8, 4) is 5.75 Å². The summed E-state index contributed by atoms with van der Waals surface area (Å²) in [6.07, 6.45) is -9.95. The van der Waals surface area contributed by atoms with Gasteiger partial charge in [-0.3, -0.25) is 0 Å². The van der Waals surface area contributed by atoms with E-state index in [1.54, 1.807) is 0 Å². The summed E-state index contributed by atoms with van der Waals surface area (Å²) in [7, 11) is 0. The molecule has 1 aromatic carbocycles. The second kappa shape index (κ2) is 4.63. The van der Waals surface area contributed by atoms with E-state index < -0.39 is 35.7 Å². The maximum atomic E-state index is 13.1. The van der Waals surface area contributed by atoms with E-state index in [0.717, 1.165) is 0 Å². The molecule has 1 unspecified atom stereocenters. The molecular weight excluding hydrogens is 271 g/mol. The minimum atomic E-state index is -5.13. The summed E-state index contributed by atoms with van der Waals surface area (Å²) >= 11 is 0. The molecule has 0 saturated heterocycles. The van der Waals surface area contributed by atoms with Gasteiger partial charge in [0, 0.05) is 0 Å². The van der Waals surface area contributed by atoms with Crippen LogP contribution in [0.15, 0.2) is 18.2 Å². The molecule has 0 fully saturated rings. The van der Waals surface area contributed by atoms with E-state index in [0.29, 0.717) is 12.1 Å². The molecule has 1 atom stereocenters.